The van der Waals surface area contributed by atoms with Crippen LogP contribution in [0.5, 0.6) is 0 Å². The second-order valence-corrected chi connectivity index (χ2v) is 9.19. The van der Waals surface area contributed by atoms with Crippen molar-refractivity contribution in [3.63, 3.8) is 0 Å². The number of likely N-dealkylation sites (tertiary alicyclic amines) is 1. The fraction of sp³-hybridized carbons (Fsp3) is 0.300. The van der Waals surface area contributed by atoms with E-state index in [2.05, 4.69) is 10.2 Å². The second kappa shape index (κ2) is 7.63. The summed E-state index contributed by atoms with van der Waals surface area (Å²) < 4.78 is 30.3. The second-order valence-electron chi connectivity index (χ2n) is 6.91. The zero-order valence-corrected chi connectivity index (χ0v) is 16.1. The molecular weight excluding hydrogens is 378 g/mol. The molecule has 3 aromatic rings. The third-order valence-electron chi connectivity index (χ3n) is 5.04. The van der Waals surface area contributed by atoms with Crippen molar-refractivity contribution in [2.24, 2.45) is 0 Å². The van der Waals surface area contributed by atoms with E-state index in [1.807, 2.05) is 30.3 Å². The lowest BCUT2D eigenvalue weighted by Crippen LogP contribution is -2.42. The first kappa shape index (κ1) is 18.5. The third kappa shape index (κ3) is 3.87. The van der Waals surface area contributed by atoms with Gasteiger partial charge in [-0.1, -0.05) is 30.3 Å². The van der Waals surface area contributed by atoms with Gasteiger partial charge in [-0.05, 0) is 31.0 Å². The number of nitrogens with zero attached hydrogens (tertiary/aromatic N) is 2. The Bertz CT molecular complexity index is 1030. The van der Waals surface area contributed by atoms with Crippen molar-refractivity contribution in [3.8, 4) is 11.3 Å². The maximum absolute atomic E-state index is 12.7. The highest BCUT2D eigenvalue weighted by Crippen LogP contribution is 2.24. The van der Waals surface area contributed by atoms with Crippen molar-refractivity contribution in [1.82, 2.24) is 15.1 Å². The maximum atomic E-state index is 12.7. The van der Waals surface area contributed by atoms with E-state index < -0.39 is 15.1 Å². The molecule has 1 aromatic carbocycles. The summed E-state index contributed by atoms with van der Waals surface area (Å²) in [5.74, 6) is 0.195. The summed E-state index contributed by atoms with van der Waals surface area (Å²) >= 11 is 0. The monoisotopic (exact) mass is 399 g/mol. The minimum Gasteiger partial charge on any atom is -0.468 e. The number of aromatic amines is 1. The molecule has 1 aliphatic rings. The number of piperidine rings is 1. The first-order valence-electron chi connectivity index (χ1n) is 9.17. The molecular formula is C20H21N3O4S. The molecule has 2 aromatic heterocycles. The number of hydrogen-bond acceptors (Lipinski definition) is 5. The lowest BCUT2D eigenvalue weighted by atomic mass is 10.1. The summed E-state index contributed by atoms with van der Waals surface area (Å²) in [6.07, 6.45) is 2.32. The van der Waals surface area contributed by atoms with Gasteiger partial charge >= 0.3 is 0 Å². The predicted molar refractivity (Wildman–Crippen MR) is 104 cm³/mol. The molecule has 0 radical (unpaired) electrons. The quantitative estimate of drug-likeness (QED) is 0.712. The van der Waals surface area contributed by atoms with E-state index in [0.29, 0.717) is 43.1 Å². The Balaban J connectivity index is 1.38. The average Bonchev–Trinajstić information content (AvgIpc) is 3.40. The molecule has 146 valence electrons. The van der Waals surface area contributed by atoms with E-state index in [4.69, 9.17) is 4.42 Å². The molecule has 0 unspecified atom stereocenters. The van der Waals surface area contributed by atoms with Crippen LogP contribution in [-0.4, -0.2) is 47.8 Å². The Morgan fingerprint density at radius 2 is 1.89 bits per heavy atom. The summed E-state index contributed by atoms with van der Waals surface area (Å²) in [5, 5.41) is 6.56. The Kier molecular flexibility index (Phi) is 5.04. The Hall–Kier alpha value is -2.87. The van der Waals surface area contributed by atoms with Gasteiger partial charge in [-0.15, -0.1) is 0 Å². The molecule has 0 aliphatic carbocycles. The van der Waals surface area contributed by atoms with E-state index in [-0.39, 0.29) is 11.7 Å². The van der Waals surface area contributed by atoms with E-state index in [0.717, 1.165) is 5.56 Å². The zero-order chi connectivity index (χ0) is 19.6. The number of carbonyl (C=O) groups excluding carboxylic acids is 1. The van der Waals surface area contributed by atoms with Crippen molar-refractivity contribution in [2.45, 2.75) is 23.8 Å². The van der Waals surface area contributed by atoms with Crippen LogP contribution in [-0.2, 0) is 15.6 Å². The molecule has 1 saturated heterocycles. The molecule has 1 fully saturated rings. The van der Waals surface area contributed by atoms with Crippen LogP contribution in [0.25, 0.3) is 11.3 Å². The number of hydrogen-bond donors (Lipinski definition) is 1. The fourth-order valence-electron chi connectivity index (χ4n) is 3.49. The van der Waals surface area contributed by atoms with Crippen LogP contribution in [0.3, 0.4) is 0 Å². The molecule has 8 heteroatoms. The molecule has 1 N–H and O–H groups in total. The first-order chi connectivity index (χ1) is 13.5. The van der Waals surface area contributed by atoms with Gasteiger partial charge in [0, 0.05) is 18.7 Å². The Morgan fingerprint density at radius 3 is 2.57 bits per heavy atom. The van der Waals surface area contributed by atoms with Gasteiger partial charge in [0.05, 0.1) is 17.2 Å². The van der Waals surface area contributed by atoms with Crippen molar-refractivity contribution < 1.29 is 17.6 Å². The van der Waals surface area contributed by atoms with Crippen molar-refractivity contribution in [1.29, 1.82) is 0 Å². The number of nitrogens with one attached hydrogen (secondary N) is 1. The number of carbonyl (C=O) groups is 1. The van der Waals surface area contributed by atoms with Crippen LogP contribution in [0.4, 0.5) is 0 Å². The largest absolute Gasteiger partial charge is 0.468 e. The number of H-pyrrole nitrogens is 1. The SMILES string of the molecule is O=C(c1cc(-c2ccccc2)n[nH]1)N1CCC(S(=O)(=O)Cc2ccco2)CC1. The topological polar surface area (TPSA) is 96.3 Å². The summed E-state index contributed by atoms with van der Waals surface area (Å²) in [5.41, 5.74) is 2.05. The van der Waals surface area contributed by atoms with E-state index in [1.165, 1.54) is 6.26 Å². The fourth-order valence-corrected chi connectivity index (χ4v) is 5.21. The molecule has 0 saturated carbocycles. The molecule has 1 aliphatic heterocycles. The molecule has 0 spiro atoms. The molecule has 3 heterocycles. The number of sulfone groups is 1. The predicted octanol–water partition coefficient (Wildman–Crippen LogP) is 2.89. The molecule has 28 heavy (non-hydrogen) atoms. The summed E-state index contributed by atoms with van der Waals surface area (Å²) in [6, 6.07) is 14.7. The normalized spacial score (nSPS) is 15.6. The molecule has 0 atom stereocenters. The van der Waals surface area contributed by atoms with Gasteiger partial charge in [0.1, 0.15) is 17.2 Å². The van der Waals surface area contributed by atoms with Crippen LogP contribution < -0.4 is 0 Å². The van der Waals surface area contributed by atoms with E-state index in [1.54, 1.807) is 23.1 Å². The molecule has 4 rings (SSSR count). The Labute approximate surface area is 163 Å². The number of aromatic nitrogens is 2. The average molecular weight is 399 g/mol. The highest BCUT2D eigenvalue weighted by atomic mass is 32.2. The number of benzene rings is 1. The van der Waals surface area contributed by atoms with Crippen LogP contribution in [0.2, 0.25) is 0 Å². The lowest BCUT2D eigenvalue weighted by molar-refractivity contribution is 0.0719. The van der Waals surface area contributed by atoms with Gasteiger partial charge in [-0.25, -0.2) is 8.42 Å². The minimum atomic E-state index is -3.30. The van der Waals surface area contributed by atoms with Crippen molar-refractivity contribution in [3.05, 3.63) is 66.2 Å². The smallest absolute Gasteiger partial charge is 0.271 e. The molecule has 1 amide bonds. The van der Waals surface area contributed by atoms with Gasteiger partial charge in [0.25, 0.3) is 5.91 Å². The highest BCUT2D eigenvalue weighted by molar-refractivity contribution is 7.91. The Morgan fingerprint density at radius 1 is 1.14 bits per heavy atom. The van der Waals surface area contributed by atoms with Crippen LogP contribution in [0.15, 0.2) is 59.2 Å². The van der Waals surface area contributed by atoms with Gasteiger partial charge in [0.15, 0.2) is 9.84 Å². The van der Waals surface area contributed by atoms with Crippen molar-refractivity contribution in [2.75, 3.05) is 13.1 Å². The van der Waals surface area contributed by atoms with Crippen LogP contribution in [0, 0.1) is 0 Å². The number of rotatable bonds is 5. The van der Waals surface area contributed by atoms with Gasteiger partial charge in [0.2, 0.25) is 0 Å². The highest BCUT2D eigenvalue weighted by Gasteiger charge is 2.32. The minimum absolute atomic E-state index is 0.0976. The standard InChI is InChI=1S/C20H21N3O4S/c24-20(19-13-18(21-22-19)15-5-2-1-3-6-15)23-10-8-17(9-11-23)28(25,26)14-16-7-4-12-27-16/h1-7,12-13,17H,8-11,14H2,(H,21,22). The van der Waals surface area contributed by atoms with E-state index in [9.17, 15) is 13.2 Å². The summed E-state index contributed by atoms with van der Waals surface area (Å²) in [4.78, 5) is 14.4. The summed E-state index contributed by atoms with van der Waals surface area (Å²) in [6.45, 7) is 0.807. The van der Waals surface area contributed by atoms with Crippen LogP contribution in [0.1, 0.15) is 29.1 Å². The third-order valence-corrected chi connectivity index (χ3v) is 7.21. The van der Waals surface area contributed by atoms with Crippen molar-refractivity contribution >= 4 is 15.7 Å². The molecule has 7 nitrogen and oxygen atoms in total. The van der Waals surface area contributed by atoms with Gasteiger partial charge < -0.3 is 9.32 Å². The number of furan rings is 1. The van der Waals surface area contributed by atoms with Crippen LogP contribution >= 0.6 is 0 Å². The van der Waals surface area contributed by atoms with E-state index >= 15 is 0 Å². The number of amides is 1. The molecule has 0 bridgehead atoms. The first-order valence-corrected chi connectivity index (χ1v) is 10.9. The van der Waals surface area contributed by atoms with Gasteiger partial charge in [-0.2, -0.15) is 5.10 Å². The summed E-state index contributed by atoms with van der Waals surface area (Å²) in [7, 11) is -3.30. The van der Waals surface area contributed by atoms with Gasteiger partial charge in [-0.3, -0.25) is 9.89 Å². The lowest BCUT2D eigenvalue weighted by Gasteiger charge is -2.31. The zero-order valence-electron chi connectivity index (χ0n) is 15.2. The maximum Gasteiger partial charge on any atom is 0.271 e.